The number of H-pyrrole nitrogens is 1. The zero-order valence-electron chi connectivity index (χ0n) is 16.1. The van der Waals surface area contributed by atoms with Crippen LogP contribution >= 0.6 is 0 Å². The first-order valence-corrected chi connectivity index (χ1v) is 9.62. The molecule has 2 aromatic carbocycles. The lowest BCUT2D eigenvalue weighted by atomic mass is 10.00. The molecule has 0 saturated carbocycles. The Morgan fingerprint density at radius 1 is 1.11 bits per heavy atom. The van der Waals surface area contributed by atoms with Gasteiger partial charge in [0.05, 0.1) is 25.6 Å². The molecular weight excluding hydrogens is 338 g/mol. The van der Waals surface area contributed by atoms with Crippen molar-refractivity contribution in [1.29, 1.82) is 0 Å². The summed E-state index contributed by atoms with van der Waals surface area (Å²) in [5, 5.41) is 9.93. The molecule has 0 spiro atoms. The quantitative estimate of drug-likeness (QED) is 0.710. The van der Waals surface area contributed by atoms with Crippen LogP contribution in [-0.4, -0.2) is 48.5 Å². The molecule has 5 heteroatoms. The highest BCUT2D eigenvalue weighted by Crippen LogP contribution is 2.29. The maximum absolute atomic E-state index is 5.44. The van der Waals surface area contributed by atoms with Gasteiger partial charge in [0.1, 0.15) is 5.75 Å². The van der Waals surface area contributed by atoms with Gasteiger partial charge >= 0.3 is 0 Å². The molecule has 1 fully saturated rings. The maximum Gasteiger partial charge on any atom is 0.119 e. The van der Waals surface area contributed by atoms with Crippen LogP contribution in [0, 0.1) is 0 Å². The Balaban J connectivity index is 1.60. The number of rotatable bonds is 6. The number of piperidine rings is 1. The lowest BCUT2D eigenvalue weighted by Crippen LogP contribution is -2.41. The van der Waals surface area contributed by atoms with E-state index in [1.807, 2.05) is 12.3 Å². The standard InChI is InChI=1S/C22H27N3O2/c1-26-15-20-5-3-4-10-25(20)14-19-13-23-24-22(19)18-7-6-17-12-21(27-2)9-8-16(17)11-18/h6-9,11-13,20H,3-5,10,14-15H2,1-2H3,(H,23,24)/t20-/m1/s1. The van der Waals surface area contributed by atoms with E-state index in [2.05, 4.69) is 45.4 Å². The van der Waals surface area contributed by atoms with E-state index in [1.165, 1.54) is 41.2 Å². The molecule has 1 aliphatic heterocycles. The van der Waals surface area contributed by atoms with Crippen molar-refractivity contribution in [2.24, 2.45) is 0 Å². The van der Waals surface area contributed by atoms with Crippen LogP contribution in [0.5, 0.6) is 5.75 Å². The van der Waals surface area contributed by atoms with Crippen molar-refractivity contribution < 1.29 is 9.47 Å². The molecule has 0 aliphatic carbocycles. The van der Waals surface area contributed by atoms with E-state index in [1.54, 1.807) is 14.2 Å². The third kappa shape index (κ3) is 3.84. The fourth-order valence-electron chi connectivity index (χ4n) is 4.06. The van der Waals surface area contributed by atoms with Gasteiger partial charge in [0.25, 0.3) is 0 Å². The van der Waals surface area contributed by atoms with Gasteiger partial charge in [0.15, 0.2) is 0 Å². The van der Waals surface area contributed by atoms with Gasteiger partial charge in [-0.2, -0.15) is 5.10 Å². The Kier molecular flexibility index (Phi) is 5.41. The average molecular weight is 365 g/mol. The van der Waals surface area contributed by atoms with Crippen LogP contribution in [0.1, 0.15) is 24.8 Å². The topological polar surface area (TPSA) is 50.4 Å². The zero-order valence-corrected chi connectivity index (χ0v) is 16.1. The monoisotopic (exact) mass is 365 g/mol. The van der Waals surface area contributed by atoms with Crippen LogP contribution in [0.25, 0.3) is 22.0 Å². The summed E-state index contributed by atoms with van der Waals surface area (Å²) in [7, 11) is 3.49. The fraction of sp³-hybridized carbons (Fsp3) is 0.409. The molecule has 142 valence electrons. The molecule has 27 heavy (non-hydrogen) atoms. The molecule has 4 rings (SSSR count). The molecule has 0 radical (unpaired) electrons. The Bertz CT molecular complexity index is 903. The number of aromatic amines is 1. The van der Waals surface area contributed by atoms with Gasteiger partial charge in [-0.15, -0.1) is 0 Å². The van der Waals surface area contributed by atoms with Gasteiger partial charge in [-0.25, -0.2) is 0 Å². The van der Waals surface area contributed by atoms with E-state index in [0.717, 1.165) is 31.1 Å². The minimum atomic E-state index is 0.496. The van der Waals surface area contributed by atoms with Gasteiger partial charge in [-0.05, 0) is 48.4 Å². The van der Waals surface area contributed by atoms with Crippen LogP contribution in [0.15, 0.2) is 42.6 Å². The maximum atomic E-state index is 5.44. The average Bonchev–Trinajstić information content (AvgIpc) is 3.17. The summed E-state index contributed by atoms with van der Waals surface area (Å²) in [6.07, 6.45) is 5.72. The smallest absolute Gasteiger partial charge is 0.119 e. The largest absolute Gasteiger partial charge is 0.497 e. The van der Waals surface area contributed by atoms with E-state index in [9.17, 15) is 0 Å². The summed E-state index contributed by atoms with van der Waals surface area (Å²) in [6.45, 7) is 2.82. The lowest BCUT2D eigenvalue weighted by molar-refractivity contribution is 0.0601. The van der Waals surface area contributed by atoms with Crippen molar-refractivity contribution in [3.63, 3.8) is 0 Å². The highest BCUT2D eigenvalue weighted by Gasteiger charge is 2.23. The number of benzene rings is 2. The van der Waals surface area contributed by atoms with Gasteiger partial charge in [0, 0.05) is 30.8 Å². The summed E-state index contributed by atoms with van der Waals surface area (Å²) in [6, 6.07) is 13.2. The van der Waals surface area contributed by atoms with E-state index >= 15 is 0 Å². The third-order valence-electron chi connectivity index (χ3n) is 5.54. The predicted octanol–water partition coefficient (Wildman–Crippen LogP) is 4.24. The van der Waals surface area contributed by atoms with Crippen molar-refractivity contribution in [3.8, 4) is 17.0 Å². The number of nitrogens with zero attached hydrogens (tertiary/aromatic N) is 2. The first-order chi connectivity index (χ1) is 13.3. The molecule has 1 N–H and O–H groups in total. The second-order valence-electron chi connectivity index (χ2n) is 7.27. The van der Waals surface area contributed by atoms with Gasteiger partial charge in [-0.1, -0.05) is 24.6 Å². The predicted molar refractivity (Wildman–Crippen MR) is 108 cm³/mol. The number of likely N-dealkylation sites (tertiary alicyclic amines) is 1. The van der Waals surface area contributed by atoms with Gasteiger partial charge in [-0.3, -0.25) is 10.00 Å². The Labute approximate surface area is 160 Å². The van der Waals surface area contributed by atoms with Crippen LogP contribution in [0.4, 0.5) is 0 Å². The molecule has 0 bridgehead atoms. The highest BCUT2D eigenvalue weighted by atomic mass is 16.5. The molecular formula is C22H27N3O2. The summed E-state index contributed by atoms with van der Waals surface area (Å²) < 4.78 is 10.8. The fourth-order valence-corrected chi connectivity index (χ4v) is 4.06. The van der Waals surface area contributed by atoms with E-state index in [4.69, 9.17) is 9.47 Å². The molecule has 1 saturated heterocycles. The van der Waals surface area contributed by atoms with Crippen LogP contribution in [0.3, 0.4) is 0 Å². The van der Waals surface area contributed by atoms with Crippen molar-refractivity contribution in [1.82, 2.24) is 15.1 Å². The second kappa shape index (κ2) is 8.11. The number of aromatic nitrogens is 2. The highest BCUT2D eigenvalue weighted by molar-refractivity contribution is 5.88. The van der Waals surface area contributed by atoms with Crippen molar-refractivity contribution in [2.75, 3.05) is 27.4 Å². The number of nitrogens with one attached hydrogen (secondary N) is 1. The molecule has 3 aromatic rings. The third-order valence-corrected chi connectivity index (χ3v) is 5.54. The molecule has 1 aliphatic rings. The molecule has 1 aromatic heterocycles. The summed E-state index contributed by atoms with van der Waals surface area (Å²) in [5.74, 6) is 0.881. The minimum Gasteiger partial charge on any atom is -0.497 e. The minimum absolute atomic E-state index is 0.496. The zero-order chi connectivity index (χ0) is 18.6. The second-order valence-corrected chi connectivity index (χ2v) is 7.27. The molecule has 5 nitrogen and oxygen atoms in total. The summed E-state index contributed by atoms with van der Waals surface area (Å²) in [4.78, 5) is 2.53. The molecule has 2 heterocycles. The van der Waals surface area contributed by atoms with E-state index in [-0.39, 0.29) is 0 Å². The lowest BCUT2D eigenvalue weighted by Gasteiger charge is -2.35. The Morgan fingerprint density at radius 3 is 2.81 bits per heavy atom. The van der Waals surface area contributed by atoms with Gasteiger partial charge in [0.2, 0.25) is 0 Å². The Morgan fingerprint density at radius 2 is 1.96 bits per heavy atom. The van der Waals surface area contributed by atoms with Crippen LogP contribution in [-0.2, 0) is 11.3 Å². The van der Waals surface area contributed by atoms with Crippen molar-refractivity contribution in [2.45, 2.75) is 31.8 Å². The summed E-state index contributed by atoms with van der Waals surface area (Å²) >= 11 is 0. The van der Waals surface area contributed by atoms with Crippen LogP contribution < -0.4 is 4.74 Å². The number of hydrogen-bond acceptors (Lipinski definition) is 4. The SMILES string of the molecule is COC[C@H]1CCCCN1Cc1cn[nH]c1-c1ccc2cc(OC)ccc2c1. The number of fused-ring (bicyclic) bond motifs is 1. The molecule has 1 atom stereocenters. The van der Waals surface area contributed by atoms with Crippen LogP contribution in [0.2, 0.25) is 0 Å². The first kappa shape index (κ1) is 18.0. The summed E-state index contributed by atoms with van der Waals surface area (Å²) in [5.41, 5.74) is 3.51. The molecule has 0 amide bonds. The normalized spacial score (nSPS) is 18.1. The first-order valence-electron chi connectivity index (χ1n) is 9.62. The Hall–Kier alpha value is -2.37. The van der Waals surface area contributed by atoms with E-state index < -0.39 is 0 Å². The number of ether oxygens (including phenoxy) is 2. The number of methoxy groups -OCH3 is 2. The van der Waals surface area contributed by atoms with Gasteiger partial charge < -0.3 is 9.47 Å². The molecule has 0 unspecified atom stereocenters. The number of hydrogen-bond donors (Lipinski definition) is 1. The van der Waals surface area contributed by atoms with Crippen molar-refractivity contribution >= 4 is 10.8 Å². The van der Waals surface area contributed by atoms with Crippen molar-refractivity contribution in [3.05, 3.63) is 48.2 Å². The van der Waals surface area contributed by atoms with E-state index in [0.29, 0.717) is 6.04 Å².